The average molecular weight is 313 g/mol. The molecule has 0 saturated heterocycles. The number of nitrogens with one attached hydrogen (secondary N) is 1. The van der Waals surface area contributed by atoms with Gasteiger partial charge < -0.3 is 15.2 Å². The predicted molar refractivity (Wildman–Crippen MR) is 90.4 cm³/mol. The molecule has 122 valence electrons. The van der Waals surface area contributed by atoms with Crippen molar-refractivity contribution in [1.82, 2.24) is 5.32 Å². The topological polar surface area (TPSA) is 58.6 Å². The second kappa shape index (κ2) is 7.29. The van der Waals surface area contributed by atoms with Crippen LogP contribution in [0.2, 0.25) is 0 Å². The van der Waals surface area contributed by atoms with Gasteiger partial charge in [0.2, 0.25) is 0 Å². The van der Waals surface area contributed by atoms with Gasteiger partial charge in [0.05, 0.1) is 6.61 Å². The third-order valence-electron chi connectivity index (χ3n) is 3.27. The van der Waals surface area contributed by atoms with E-state index in [4.69, 9.17) is 4.74 Å². The smallest absolute Gasteiger partial charge is 0.251 e. The average Bonchev–Trinajstić information content (AvgIpc) is 2.52. The quantitative estimate of drug-likeness (QED) is 0.890. The fourth-order valence-electron chi connectivity index (χ4n) is 2.19. The molecule has 4 nitrogen and oxygen atoms in total. The van der Waals surface area contributed by atoms with E-state index in [9.17, 15) is 9.90 Å². The lowest BCUT2D eigenvalue weighted by atomic mass is 10.1. The molecule has 1 amide bonds. The van der Waals surface area contributed by atoms with E-state index >= 15 is 0 Å². The number of aliphatic hydroxyl groups is 1. The Morgan fingerprint density at radius 3 is 2.22 bits per heavy atom. The standard InChI is InChI=1S/C19H23NO3/c1-19(2,3)23-17-10-8-14(9-11-17)18(22)20-12-15-6-4-5-7-16(15)13-21/h4-11,21H,12-13H2,1-3H3,(H,20,22). The summed E-state index contributed by atoms with van der Waals surface area (Å²) in [6, 6.07) is 14.6. The van der Waals surface area contributed by atoms with Gasteiger partial charge >= 0.3 is 0 Å². The highest BCUT2D eigenvalue weighted by Gasteiger charge is 2.12. The van der Waals surface area contributed by atoms with E-state index in [-0.39, 0.29) is 18.1 Å². The van der Waals surface area contributed by atoms with Crippen LogP contribution in [0.5, 0.6) is 5.75 Å². The van der Waals surface area contributed by atoms with Crippen molar-refractivity contribution < 1.29 is 14.6 Å². The van der Waals surface area contributed by atoms with E-state index in [1.54, 1.807) is 24.3 Å². The molecule has 2 aromatic carbocycles. The van der Waals surface area contributed by atoms with E-state index in [0.29, 0.717) is 12.1 Å². The Labute approximate surface area is 137 Å². The lowest BCUT2D eigenvalue weighted by Gasteiger charge is -2.21. The molecule has 0 bridgehead atoms. The van der Waals surface area contributed by atoms with Gasteiger partial charge in [-0.15, -0.1) is 0 Å². The van der Waals surface area contributed by atoms with Gasteiger partial charge in [-0.2, -0.15) is 0 Å². The summed E-state index contributed by atoms with van der Waals surface area (Å²) in [6.45, 7) is 6.28. The molecule has 0 atom stereocenters. The molecular formula is C19H23NO3. The van der Waals surface area contributed by atoms with Gasteiger partial charge in [-0.05, 0) is 56.2 Å². The first-order chi connectivity index (χ1) is 10.9. The Balaban J connectivity index is 1.98. The number of aliphatic hydroxyl groups excluding tert-OH is 1. The number of benzene rings is 2. The van der Waals surface area contributed by atoms with E-state index in [1.165, 1.54) is 0 Å². The van der Waals surface area contributed by atoms with Gasteiger partial charge in [-0.3, -0.25) is 4.79 Å². The second-order valence-corrected chi connectivity index (χ2v) is 6.35. The van der Waals surface area contributed by atoms with Crippen LogP contribution in [0.3, 0.4) is 0 Å². The molecule has 2 aromatic rings. The number of carbonyl (C=O) groups excluding carboxylic acids is 1. The molecule has 0 aliphatic rings. The van der Waals surface area contributed by atoms with Crippen molar-refractivity contribution in [2.24, 2.45) is 0 Å². The molecule has 2 rings (SSSR count). The van der Waals surface area contributed by atoms with Crippen molar-refractivity contribution in [2.45, 2.75) is 39.5 Å². The number of amides is 1. The molecule has 2 N–H and O–H groups in total. The maximum absolute atomic E-state index is 12.2. The molecular weight excluding hydrogens is 290 g/mol. The van der Waals surface area contributed by atoms with E-state index in [0.717, 1.165) is 16.9 Å². The summed E-state index contributed by atoms with van der Waals surface area (Å²) in [4.78, 5) is 12.2. The summed E-state index contributed by atoms with van der Waals surface area (Å²) in [5, 5.41) is 12.2. The number of hydrogen-bond acceptors (Lipinski definition) is 3. The maximum Gasteiger partial charge on any atom is 0.251 e. The molecule has 4 heteroatoms. The van der Waals surface area contributed by atoms with E-state index in [2.05, 4.69) is 5.32 Å². The first-order valence-electron chi connectivity index (χ1n) is 7.64. The zero-order valence-electron chi connectivity index (χ0n) is 13.8. The Morgan fingerprint density at radius 1 is 1.04 bits per heavy atom. The van der Waals surface area contributed by atoms with Crippen molar-refractivity contribution in [3.8, 4) is 5.75 Å². The van der Waals surface area contributed by atoms with E-state index < -0.39 is 0 Å². The van der Waals surface area contributed by atoms with Crippen LogP contribution in [0.4, 0.5) is 0 Å². The third-order valence-corrected chi connectivity index (χ3v) is 3.27. The molecule has 0 heterocycles. The molecule has 0 unspecified atom stereocenters. The lowest BCUT2D eigenvalue weighted by molar-refractivity contribution is 0.0950. The molecule has 23 heavy (non-hydrogen) atoms. The van der Waals surface area contributed by atoms with Crippen molar-refractivity contribution in [2.75, 3.05) is 0 Å². The monoisotopic (exact) mass is 313 g/mol. The maximum atomic E-state index is 12.2. The Morgan fingerprint density at radius 2 is 1.65 bits per heavy atom. The Bertz CT molecular complexity index is 657. The molecule has 0 fully saturated rings. The normalized spacial score (nSPS) is 11.1. The summed E-state index contributed by atoms with van der Waals surface area (Å²) < 4.78 is 5.74. The van der Waals surface area contributed by atoms with Crippen LogP contribution in [-0.2, 0) is 13.2 Å². The first kappa shape index (κ1) is 17.0. The van der Waals surface area contributed by atoms with Crippen molar-refractivity contribution in [3.05, 3.63) is 65.2 Å². The van der Waals surface area contributed by atoms with Gasteiger partial charge in [0.15, 0.2) is 0 Å². The van der Waals surface area contributed by atoms with Crippen LogP contribution in [0, 0.1) is 0 Å². The van der Waals surface area contributed by atoms with Crippen LogP contribution in [0.1, 0.15) is 42.3 Å². The Hall–Kier alpha value is -2.33. The minimum atomic E-state index is -0.266. The van der Waals surface area contributed by atoms with Crippen LogP contribution in [0.25, 0.3) is 0 Å². The van der Waals surface area contributed by atoms with E-state index in [1.807, 2.05) is 45.0 Å². The summed E-state index contributed by atoms with van der Waals surface area (Å²) in [7, 11) is 0. The van der Waals surface area contributed by atoms with Crippen molar-refractivity contribution in [1.29, 1.82) is 0 Å². The fourth-order valence-corrected chi connectivity index (χ4v) is 2.19. The molecule has 0 saturated carbocycles. The van der Waals surface area contributed by atoms with Crippen LogP contribution < -0.4 is 10.1 Å². The Kier molecular flexibility index (Phi) is 5.40. The molecule has 0 aromatic heterocycles. The highest BCUT2D eigenvalue weighted by Crippen LogP contribution is 2.18. The summed E-state index contributed by atoms with van der Waals surface area (Å²) in [5.41, 5.74) is 2.04. The SMILES string of the molecule is CC(C)(C)Oc1ccc(C(=O)NCc2ccccc2CO)cc1. The van der Waals surface area contributed by atoms with Gasteiger partial charge in [0.25, 0.3) is 5.91 Å². The predicted octanol–water partition coefficient (Wildman–Crippen LogP) is 3.29. The minimum Gasteiger partial charge on any atom is -0.488 e. The van der Waals surface area contributed by atoms with Gasteiger partial charge in [-0.1, -0.05) is 24.3 Å². The number of ether oxygens (including phenoxy) is 1. The first-order valence-corrected chi connectivity index (χ1v) is 7.64. The number of hydrogen-bond donors (Lipinski definition) is 2. The van der Waals surface area contributed by atoms with Crippen LogP contribution >= 0.6 is 0 Å². The van der Waals surface area contributed by atoms with Crippen molar-refractivity contribution >= 4 is 5.91 Å². The second-order valence-electron chi connectivity index (χ2n) is 6.35. The fraction of sp³-hybridized carbons (Fsp3) is 0.316. The van der Waals surface area contributed by atoms with Crippen LogP contribution in [-0.4, -0.2) is 16.6 Å². The summed E-state index contributed by atoms with van der Waals surface area (Å²) >= 11 is 0. The zero-order valence-corrected chi connectivity index (χ0v) is 13.8. The summed E-state index contributed by atoms with van der Waals surface area (Å²) in [5.74, 6) is 0.583. The highest BCUT2D eigenvalue weighted by atomic mass is 16.5. The summed E-state index contributed by atoms with van der Waals surface area (Å²) in [6.07, 6.45) is 0. The molecule has 0 radical (unpaired) electrons. The van der Waals surface area contributed by atoms with Crippen LogP contribution in [0.15, 0.2) is 48.5 Å². The van der Waals surface area contributed by atoms with Gasteiger partial charge in [0, 0.05) is 12.1 Å². The van der Waals surface area contributed by atoms with Gasteiger partial charge in [0.1, 0.15) is 11.4 Å². The molecule has 0 spiro atoms. The molecule has 0 aliphatic heterocycles. The molecule has 0 aliphatic carbocycles. The zero-order chi connectivity index (χ0) is 16.9. The number of rotatable bonds is 5. The largest absolute Gasteiger partial charge is 0.488 e. The minimum absolute atomic E-state index is 0.0368. The number of carbonyl (C=O) groups is 1. The highest BCUT2D eigenvalue weighted by molar-refractivity contribution is 5.94. The lowest BCUT2D eigenvalue weighted by Crippen LogP contribution is -2.24. The van der Waals surface area contributed by atoms with Gasteiger partial charge in [-0.25, -0.2) is 0 Å². The third kappa shape index (κ3) is 5.11. The van der Waals surface area contributed by atoms with Crippen molar-refractivity contribution in [3.63, 3.8) is 0 Å².